The van der Waals surface area contributed by atoms with Gasteiger partial charge in [0, 0.05) is 31.4 Å². The largest absolute Gasteiger partial charge is 0.477 e. The number of anilines is 2. The first-order valence-electron chi connectivity index (χ1n) is 9.95. The van der Waals surface area contributed by atoms with Gasteiger partial charge in [0.2, 0.25) is 5.43 Å². The topological polar surface area (TPSA) is 101 Å². The SMILES string of the molecule is Nc1c(F)c(N2C[C@@H]3CCCN[C@@H]3C2)c(F)c2c1c(=O)c(C(=O)O)cn2C1CC1. The first-order valence-corrected chi connectivity index (χ1v) is 9.95. The van der Waals surface area contributed by atoms with Gasteiger partial charge in [-0.15, -0.1) is 0 Å². The number of halogens is 2. The zero-order valence-electron chi connectivity index (χ0n) is 15.8. The molecule has 1 aromatic heterocycles. The molecular formula is C20H22F2N4O3. The number of nitrogens with two attached hydrogens (primary N) is 1. The van der Waals surface area contributed by atoms with Crippen LogP contribution < -0.4 is 21.4 Å². The number of aromatic nitrogens is 1. The minimum absolute atomic E-state index is 0.0979. The smallest absolute Gasteiger partial charge is 0.341 e. The van der Waals surface area contributed by atoms with Gasteiger partial charge in [0.15, 0.2) is 11.6 Å². The third-order valence-corrected chi connectivity index (χ3v) is 6.45. The molecule has 154 valence electrons. The minimum Gasteiger partial charge on any atom is -0.477 e. The van der Waals surface area contributed by atoms with Gasteiger partial charge in [-0.1, -0.05) is 0 Å². The van der Waals surface area contributed by atoms with Crippen LogP contribution in [0.1, 0.15) is 42.1 Å². The van der Waals surface area contributed by atoms with Gasteiger partial charge >= 0.3 is 5.97 Å². The van der Waals surface area contributed by atoms with E-state index >= 15 is 8.78 Å². The molecule has 2 atom stereocenters. The minimum atomic E-state index is -1.44. The average Bonchev–Trinajstić information content (AvgIpc) is 3.44. The van der Waals surface area contributed by atoms with Crippen molar-refractivity contribution in [2.24, 2.45) is 5.92 Å². The van der Waals surface area contributed by atoms with E-state index in [0.29, 0.717) is 19.0 Å². The number of hydrogen-bond donors (Lipinski definition) is 3. The number of carbonyl (C=O) groups is 1. The summed E-state index contributed by atoms with van der Waals surface area (Å²) in [4.78, 5) is 25.9. The number of piperidine rings is 1. The number of fused-ring (bicyclic) bond motifs is 2. The molecule has 3 aliphatic rings. The van der Waals surface area contributed by atoms with E-state index in [2.05, 4.69) is 5.32 Å². The second-order valence-corrected chi connectivity index (χ2v) is 8.30. The molecule has 3 fully saturated rings. The van der Waals surface area contributed by atoms with E-state index in [1.807, 2.05) is 0 Å². The van der Waals surface area contributed by atoms with E-state index in [1.165, 1.54) is 10.8 Å². The number of hydrogen-bond acceptors (Lipinski definition) is 5. The predicted molar refractivity (Wildman–Crippen MR) is 104 cm³/mol. The summed E-state index contributed by atoms with van der Waals surface area (Å²) in [6.45, 7) is 1.86. The average molecular weight is 404 g/mol. The second kappa shape index (κ2) is 6.41. The number of rotatable bonds is 3. The van der Waals surface area contributed by atoms with Crippen LogP contribution in [-0.4, -0.2) is 41.3 Å². The molecule has 29 heavy (non-hydrogen) atoms. The Kier molecular flexibility index (Phi) is 4.06. The number of aromatic carboxylic acids is 1. The highest BCUT2D eigenvalue weighted by Gasteiger charge is 2.39. The Morgan fingerprint density at radius 3 is 2.62 bits per heavy atom. The summed E-state index contributed by atoms with van der Waals surface area (Å²) in [5.41, 5.74) is 3.69. The molecule has 2 saturated heterocycles. The summed E-state index contributed by atoms with van der Waals surface area (Å²) in [6.07, 6.45) is 4.66. The molecule has 0 amide bonds. The Bertz CT molecular complexity index is 1080. The molecule has 1 aromatic carbocycles. The van der Waals surface area contributed by atoms with Crippen LogP contribution in [0, 0.1) is 17.6 Å². The van der Waals surface area contributed by atoms with Crippen LogP contribution in [0.3, 0.4) is 0 Å². The molecule has 2 aromatic rings. The molecule has 7 nitrogen and oxygen atoms in total. The maximum absolute atomic E-state index is 15.7. The van der Waals surface area contributed by atoms with Crippen LogP contribution >= 0.6 is 0 Å². The lowest BCUT2D eigenvalue weighted by Gasteiger charge is -2.24. The van der Waals surface area contributed by atoms with Gasteiger partial charge in [-0.25, -0.2) is 13.6 Å². The van der Waals surface area contributed by atoms with E-state index in [-0.39, 0.29) is 28.7 Å². The summed E-state index contributed by atoms with van der Waals surface area (Å²) in [7, 11) is 0. The van der Waals surface area contributed by atoms with Gasteiger partial charge in [-0.2, -0.15) is 0 Å². The number of nitrogen functional groups attached to an aromatic ring is 1. The van der Waals surface area contributed by atoms with Crippen LogP contribution in [0.4, 0.5) is 20.2 Å². The molecule has 0 spiro atoms. The van der Waals surface area contributed by atoms with Crippen molar-refractivity contribution in [3.63, 3.8) is 0 Å². The lowest BCUT2D eigenvalue weighted by Crippen LogP contribution is -2.40. The van der Waals surface area contributed by atoms with Crippen molar-refractivity contribution in [2.45, 2.75) is 37.8 Å². The molecule has 4 N–H and O–H groups in total. The van der Waals surface area contributed by atoms with E-state index in [9.17, 15) is 14.7 Å². The Balaban J connectivity index is 1.75. The first kappa shape index (κ1) is 18.4. The molecule has 3 heterocycles. The summed E-state index contributed by atoms with van der Waals surface area (Å²) in [5, 5.41) is 12.4. The van der Waals surface area contributed by atoms with Gasteiger partial charge < -0.3 is 25.6 Å². The number of carboxylic acids is 1. The van der Waals surface area contributed by atoms with Gasteiger partial charge in [-0.3, -0.25) is 4.79 Å². The highest BCUT2D eigenvalue weighted by Crippen LogP contribution is 2.42. The summed E-state index contributed by atoms with van der Waals surface area (Å²) in [5.74, 6) is -2.97. The van der Waals surface area contributed by atoms with Crippen molar-refractivity contribution in [3.05, 3.63) is 33.6 Å². The summed E-state index contributed by atoms with van der Waals surface area (Å²) >= 11 is 0. The third kappa shape index (κ3) is 2.71. The second-order valence-electron chi connectivity index (χ2n) is 8.30. The Labute approximate surface area is 165 Å². The Morgan fingerprint density at radius 2 is 1.97 bits per heavy atom. The normalized spacial score (nSPS) is 24.1. The fourth-order valence-corrected chi connectivity index (χ4v) is 4.85. The van der Waals surface area contributed by atoms with Crippen molar-refractivity contribution < 1.29 is 18.7 Å². The molecule has 1 aliphatic carbocycles. The number of nitrogens with zero attached hydrogens (tertiary/aromatic N) is 2. The molecular weight excluding hydrogens is 382 g/mol. The lowest BCUT2D eigenvalue weighted by atomic mass is 9.94. The molecule has 0 radical (unpaired) electrons. The predicted octanol–water partition coefficient (Wildman–Crippen LogP) is 2.08. The number of benzene rings is 1. The lowest BCUT2D eigenvalue weighted by molar-refractivity contribution is 0.0695. The Morgan fingerprint density at radius 1 is 1.21 bits per heavy atom. The molecule has 0 bridgehead atoms. The molecule has 1 saturated carbocycles. The summed E-state index contributed by atoms with van der Waals surface area (Å²) < 4.78 is 32.5. The maximum Gasteiger partial charge on any atom is 0.341 e. The van der Waals surface area contributed by atoms with Crippen molar-refractivity contribution in [2.75, 3.05) is 30.3 Å². The van der Waals surface area contributed by atoms with Gasteiger partial charge in [-0.05, 0) is 38.1 Å². The van der Waals surface area contributed by atoms with Crippen LogP contribution in [-0.2, 0) is 0 Å². The standard InChI is InChI=1S/C20H22F2N4O3/c21-14-16(23)13-17(26(10-3-4-10)7-11(19(13)27)20(28)29)15(22)18(14)25-6-9-2-1-5-24-12(9)8-25/h7,9-10,12,24H,1-6,8,23H2,(H,28,29)/t9-,12+/m0/s1. The fraction of sp³-hybridized carbons (Fsp3) is 0.500. The van der Waals surface area contributed by atoms with Crippen LogP contribution in [0.2, 0.25) is 0 Å². The van der Waals surface area contributed by atoms with Crippen molar-refractivity contribution >= 4 is 28.2 Å². The zero-order valence-corrected chi connectivity index (χ0v) is 15.8. The number of carboxylic acid groups (broad SMARTS) is 1. The summed E-state index contributed by atoms with van der Waals surface area (Å²) in [6, 6.07) is 0.0470. The maximum atomic E-state index is 15.7. The molecule has 5 rings (SSSR count). The van der Waals surface area contributed by atoms with Crippen LogP contribution in [0.25, 0.3) is 10.9 Å². The highest BCUT2D eigenvalue weighted by molar-refractivity contribution is 5.99. The Hall–Kier alpha value is -2.68. The monoisotopic (exact) mass is 404 g/mol. The zero-order chi connectivity index (χ0) is 20.4. The van der Waals surface area contributed by atoms with E-state index in [4.69, 9.17) is 5.73 Å². The van der Waals surface area contributed by atoms with Crippen LogP contribution in [0.15, 0.2) is 11.0 Å². The molecule has 0 unspecified atom stereocenters. The molecule has 2 aliphatic heterocycles. The molecule has 9 heteroatoms. The first-order chi connectivity index (χ1) is 13.9. The van der Waals surface area contributed by atoms with E-state index in [1.54, 1.807) is 4.90 Å². The van der Waals surface area contributed by atoms with E-state index < -0.39 is 34.3 Å². The van der Waals surface area contributed by atoms with Gasteiger partial charge in [0.05, 0.1) is 16.6 Å². The number of pyridine rings is 1. The third-order valence-electron chi connectivity index (χ3n) is 6.45. The van der Waals surface area contributed by atoms with Crippen molar-refractivity contribution in [1.82, 2.24) is 9.88 Å². The number of nitrogens with one attached hydrogen (secondary N) is 1. The fourth-order valence-electron chi connectivity index (χ4n) is 4.85. The van der Waals surface area contributed by atoms with Gasteiger partial charge in [0.1, 0.15) is 11.3 Å². The highest BCUT2D eigenvalue weighted by atomic mass is 19.1. The van der Waals surface area contributed by atoms with E-state index in [0.717, 1.165) is 32.2 Å². The van der Waals surface area contributed by atoms with Crippen molar-refractivity contribution in [1.29, 1.82) is 0 Å². The van der Waals surface area contributed by atoms with Gasteiger partial charge in [0.25, 0.3) is 0 Å². The quantitative estimate of drug-likeness (QED) is 0.678. The van der Waals surface area contributed by atoms with Crippen molar-refractivity contribution in [3.8, 4) is 0 Å². The van der Waals surface area contributed by atoms with Crippen LogP contribution in [0.5, 0.6) is 0 Å².